The van der Waals surface area contributed by atoms with E-state index in [4.69, 9.17) is 0 Å². The maximum Gasteiger partial charge on any atom is 0.309 e. The van der Waals surface area contributed by atoms with Crippen LogP contribution in [0.4, 0.5) is 0 Å². The molecular formula is C16H29NO2. The van der Waals surface area contributed by atoms with Crippen molar-refractivity contribution >= 4 is 5.97 Å². The molecule has 0 aromatic rings. The number of likely N-dealkylation sites (tertiary alicyclic amines) is 1. The number of hydrogen-bond acceptors (Lipinski definition) is 2. The predicted octanol–water partition coefficient (Wildman–Crippen LogP) is 3.53. The van der Waals surface area contributed by atoms with Crippen molar-refractivity contribution in [3.05, 3.63) is 0 Å². The third-order valence-corrected chi connectivity index (χ3v) is 5.55. The highest BCUT2D eigenvalue weighted by Gasteiger charge is 2.43. The van der Waals surface area contributed by atoms with Crippen LogP contribution >= 0.6 is 0 Å². The van der Waals surface area contributed by atoms with Crippen LogP contribution in [0.25, 0.3) is 0 Å². The van der Waals surface area contributed by atoms with E-state index < -0.39 is 11.4 Å². The minimum absolute atomic E-state index is 0.425. The SMILES string of the molecule is CCCC1(C(=O)O)CCN(C2CCCC2CC)CC1. The minimum atomic E-state index is -0.563. The van der Waals surface area contributed by atoms with E-state index in [0.717, 1.165) is 50.7 Å². The molecule has 0 aromatic carbocycles. The molecule has 110 valence electrons. The van der Waals surface area contributed by atoms with Gasteiger partial charge in [-0.15, -0.1) is 0 Å². The molecule has 0 spiro atoms. The van der Waals surface area contributed by atoms with Gasteiger partial charge < -0.3 is 10.0 Å². The van der Waals surface area contributed by atoms with E-state index >= 15 is 0 Å². The summed E-state index contributed by atoms with van der Waals surface area (Å²) in [5, 5.41) is 9.55. The van der Waals surface area contributed by atoms with Crippen LogP contribution in [-0.2, 0) is 4.79 Å². The minimum Gasteiger partial charge on any atom is -0.481 e. The number of carbonyl (C=O) groups is 1. The molecular weight excluding hydrogens is 238 g/mol. The Morgan fingerprint density at radius 3 is 2.47 bits per heavy atom. The average Bonchev–Trinajstić information content (AvgIpc) is 2.88. The first-order valence-electron chi connectivity index (χ1n) is 8.10. The Morgan fingerprint density at radius 1 is 1.26 bits per heavy atom. The third kappa shape index (κ3) is 2.96. The van der Waals surface area contributed by atoms with Crippen LogP contribution in [0.15, 0.2) is 0 Å². The Morgan fingerprint density at radius 2 is 1.95 bits per heavy atom. The lowest BCUT2D eigenvalue weighted by Gasteiger charge is -2.42. The second-order valence-corrected chi connectivity index (χ2v) is 6.54. The van der Waals surface area contributed by atoms with Gasteiger partial charge in [-0.2, -0.15) is 0 Å². The first kappa shape index (κ1) is 14.8. The number of rotatable bonds is 5. The van der Waals surface area contributed by atoms with Gasteiger partial charge in [-0.3, -0.25) is 4.79 Å². The lowest BCUT2D eigenvalue weighted by Crippen LogP contribution is -2.49. The number of hydrogen-bond donors (Lipinski definition) is 1. The zero-order valence-electron chi connectivity index (χ0n) is 12.5. The fourth-order valence-electron chi connectivity index (χ4n) is 4.31. The molecule has 1 saturated heterocycles. The molecule has 1 N–H and O–H groups in total. The maximum absolute atomic E-state index is 11.6. The molecule has 1 heterocycles. The molecule has 0 aromatic heterocycles. The zero-order chi connectivity index (χ0) is 13.9. The topological polar surface area (TPSA) is 40.5 Å². The first-order valence-corrected chi connectivity index (χ1v) is 8.10. The summed E-state index contributed by atoms with van der Waals surface area (Å²) in [4.78, 5) is 14.2. The monoisotopic (exact) mass is 267 g/mol. The van der Waals surface area contributed by atoms with Gasteiger partial charge in [-0.05, 0) is 51.1 Å². The van der Waals surface area contributed by atoms with Gasteiger partial charge in [-0.1, -0.05) is 33.1 Å². The Labute approximate surface area is 117 Å². The fourth-order valence-corrected chi connectivity index (χ4v) is 4.31. The molecule has 1 aliphatic heterocycles. The molecule has 2 rings (SSSR count). The molecule has 2 unspecified atom stereocenters. The standard InChI is InChI=1S/C16H29NO2/c1-3-8-16(15(18)19)9-11-17(12-10-16)14-7-5-6-13(14)4-2/h13-14H,3-12H2,1-2H3,(H,18,19). The Balaban J connectivity index is 1.96. The van der Waals surface area contributed by atoms with Gasteiger partial charge >= 0.3 is 5.97 Å². The van der Waals surface area contributed by atoms with E-state index in [1.54, 1.807) is 0 Å². The summed E-state index contributed by atoms with van der Waals surface area (Å²) >= 11 is 0. The number of nitrogens with zero attached hydrogens (tertiary/aromatic N) is 1. The third-order valence-electron chi connectivity index (χ3n) is 5.55. The van der Waals surface area contributed by atoms with Gasteiger partial charge in [0, 0.05) is 6.04 Å². The van der Waals surface area contributed by atoms with E-state index in [1.807, 2.05) is 0 Å². The van der Waals surface area contributed by atoms with Crippen molar-refractivity contribution in [1.29, 1.82) is 0 Å². The molecule has 2 aliphatic rings. The summed E-state index contributed by atoms with van der Waals surface area (Å²) in [6.07, 6.45) is 8.86. The van der Waals surface area contributed by atoms with E-state index in [9.17, 15) is 9.90 Å². The second-order valence-electron chi connectivity index (χ2n) is 6.54. The summed E-state index contributed by atoms with van der Waals surface area (Å²) in [5.41, 5.74) is -0.425. The number of carboxylic acid groups (broad SMARTS) is 1. The molecule has 1 saturated carbocycles. The van der Waals surface area contributed by atoms with Gasteiger partial charge in [0.15, 0.2) is 0 Å². The van der Waals surface area contributed by atoms with Gasteiger partial charge in [0.05, 0.1) is 5.41 Å². The van der Waals surface area contributed by atoms with Crippen molar-refractivity contribution in [1.82, 2.24) is 4.90 Å². The van der Waals surface area contributed by atoms with E-state index in [-0.39, 0.29) is 0 Å². The van der Waals surface area contributed by atoms with Crippen molar-refractivity contribution in [3.8, 4) is 0 Å². The highest BCUT2D eigenvalue weighted by molar-refractivity contribution is 5.74. The zero-order valence-corrected chi connectivity index (χ0v) is 12.5. The number of piperidine rings is 1. The fraction of sp³-hybridized carbons (Fsp3) is 0.938. The number of carboxylic acids is 1. The summed E-state index contributed by atoms with van der Waals surface area (Å²) in [5.74, 6) is 0.288. The normalized spacial score (nSPS) is 31.5. The molecule has 3 heteroatoms. The molecule has 19 heavy (non-hydrogen) atoms. The van der Waals surface area contributed by atoms with Crippen LogP contribution in [0.1, 0.15) is 65.2 Å². The highest BCUT2D eigenvalue weighted by Crippen LogP contribution is 2.40. The van der Waals surface area contributed by atoms with Gasteiger partial charge in [-0.25, -0.2) is 0 Å². The van der Waals surface area contributed by atoms with Crippen molar-refractivity contribution in [2.75, 3.05) is 13.1 Å². The molecule has 2 atom stereocenters. The van der Waals surface area contributed by atoms with Crippen molar-refractivity contribution in [2.24, 2.45) is 11.3 Å². The lowest BCUT2D eigenvalue weighted by atomic mass is 9.74. The predicted molar refractivity (Wildman–Crippen MR) is 77.2 cm³/mol. The van der Waals surface area contributed by atoms with Crippen LogP contribution in [0.5, 0.6) is 0 Å². The van der Waals surface area contributed by atoms with Gasteiger partial charge in [0.1, 0.15) is 0 Å². The van der Waals surface area contributed by atoms with Crippen LogP contribution in [-0.4, -0.2) is 35.1 Å². The Kier molecular flexibility index (Phi) is 4.88. The average molecular weight is 267 g/mol. The largest absolute Gasteiger partial charge is 0.481 e. The van der Waals surface area contributed by atoms with Crippen LogP contribution in [0.3, 0.4) is 0 Å². The molecule has 2 fully saturated rings. The lowest BCUT2D eigenvalue weighted by molar-refractivity contribution is -0.153. The quantitative estimate of drug-likeness (QED) is 0.828. The number of aliphatic carboxylic acids is 1. The smallest absolute Gasteiger partial charge is 0.309 e. The van der Waals surface area contributed by atoms with Crippen molar-refractivity contribution < 1.29 is 9.90 Å². The Hall–Kier alpha value is -0.570. The molecule has 0 bridgehead atoms. The maximum atomic E-state index is 11.6. The summed E-state index contributed by atoms with van der Waals surface area (Å²) in [6.45, 7) is 6.38. The summed E-state index contributed by atoms with van der Waals surface area (Å²) in [6, 6.07) is 0.735. The molecule has 1 aliphatic carbocycles. The first-order chi connectivity index (χ1) is 9.13. The summed E-state index contributed by atoms with van der Waals surface area (Å²) < 4.78 is 0. The molecule has 3 nitrogen and oxygen atoms in total. The van der Waals surface area contributed by atoms with Gasteiger partial charge in [0.25, 0.3) is 0 Å². The van der Waals surface area contributed by atoms with Crippen molar-refractivity contribution in [2.45, 2.75) is 71.3 Å². The van der Waals surface area contributed by atoms with Crippen LogP contribution in [0, 0.1) is 11.3 Å². The second kappa shape index (κ2) is 6.25. The molecule has 0 radical (unpaired) electrons. The van der Waals surface area contributed by atoms with Gasteiger partial charge in [0.2, 0.25) is 0 Å². The van der Waals surface area contributed by atoms with E-state index in [0.29, 0.717) is 0 Å². The van der Waals surface area contributed by atoms with E-state index in [1.165, 1.54) is 25.7 Å². The highest BCUT2D eigenvalue weighted by atomic mass is 16.4. The van der Waals surface area contributed by atoms with Crippen LogP contribution < -0.4 is 0 Å². The summed E-state index contributed by atoms with van der Waals surface area (Å²) in [7, 11) is 0. The molecule has 0 amide bonds. The van der Waals surface area contributed by atoms with E-state index in [2.05, 4.69) is 18.7 Å². The van der Waals surface area contributed by atoms with Crippen LogP contribution in [0.2, 0.25) is 0 Å². The van der Waals surface area contributed by atoms with Crippen molar-refractivity contribution in [3.63, 3.8) is 0 Å². The Bertz CT molecular complexity index is 308.